The van der Waals surface area contributed by atoms with Crippen LogP contribution in [-0.2, 0) is 11.3 Å². The van der Waals surface area contributed by atoms with Crippen LogP contribution >= 0.6 is 0 Å². The van der Waals surface area contributed by atoms with Crippen LogP contribution in [0.2, 0.25) is 0 Å². The van der Waals surface area contributed by atoms with E-state index in [0.717, 1.165) is 26.1 Å². The van der Waals surface area contributed by atoms with Crippen molar-refractivity contribution in [2.45, 2.75) is 32.4 Å². The fourth-order valence-corrected chi connectivity index (χ4v) is 1.27. The summed E-state index contributed by atoms with van der Waals surface area (Å²) in [6.07, 6.45) is 6.75. The number of ether oxygens (including phenoxy) is 1. The van der Waals surface area contributed by atoms with Gasteiger partial charge < -0.3 is 14.6 Å². The summed E-state index contributed by atoms with van der Waals surface area (Å²) < 4.78 is 7.40. The van der Waals surface area contributed by atoms with Gasteiger partial charge in [0.15, 0.2) is 0 Å². The first-order chi connectivity index (χ1) is 7.14. The molecule has 4 nitrogen and oxygen atoms in total. The highest BCUT2D eigenvalue weighted by molar-refractivity contribution is 4.74. The number of nitrogens with one attached hydrogen (secondary N) is 1. The lowest BCUT2D eigenvalue weighted by Crippen LogP contribution is -2.37. The minimum Gasteiger partial charge on any atom is -0.377 e. The summed E-state index contributed by atoms with van der Waals surface area (Å²) in [6, 6.07) is 0. The van der Waals surface area contributed by atoms with Gasteiger partial charge in [-0.25, -0.2) is 4.98 Å². The average Bonchev–Trinajstić information content (AvgIpc) is 2.70. The van der Waals surface area contributed by atoms with Crippen molar-refractivity contribution in [2.75, 3.05) is 20.2 Å². The second-order valence-electron chi connectivity index (χ2n) is 4.29. The van der Waals surface area contributed by atoms with Crippen LogP contribution in [0.15, 0.2) is 18.7 Å². The Kier molecular flexibility index (Phi) is 4.78. The zero-order valence-corrected chi connectivity index (χ0v) is 9.86. The lowest BCUT2D eigenvalue weighted by Gasteiger charge is -2.23. The van der Waals surface area contributed by atoms with Crippen LogP contribution < -0.4 is 5.32 Å². The lowest BCUT2D eigenvalue weighted by atomic mass is 10.1. The summed E-state index contributed by atoms with van der Waals surface area (Å²) in [5.41, 5.74) is -0.0744. The number of imidazole rings is 1. The fourth-order valence-electron chi connectivity index (χ4n) is 1.27. The maximum atomic E-state index is 5.31. The molecule has 0 saturated heterocycles. The number of aromatic nitrogens is 2. The molecule has 0 aliphatic carbocycles. The van der Waals surface area contributed by atoms with Gasteiger partial charge in [-0.1, -0.05) is 0 Å². The molecule has 0 aliphatic heterocycles. The molecule has 15 heavy (non-hydrogen) atoms. The standard InChI is InChI=1S/C11H21N3O/c1-11(2,15-3)9-12-5-4-7-14-8-6-13-10-14/h6,8,10,12H,4-5,7,9H2,1-3H3. The average molecular weight is 211 g/mol. The van der Waals surface area contributed by atoms with E-state index in [1.807, 2.05) is 18.7 Å². The fraction of sp³-hybridized carbons (Fsp3) is 0.727. The second kappa shape index (κ2) is 5.88. The first-order valence-electron chi connectivity index (χ1n) is 5.36. The highest BCUT2D eigenvalue weighted by Gasteiger charge is 2.14. The summed E-state index contributed by atoms with van der Waals surface area (Å²) in [5.74, 6) is 0. The van der Waals surface area contributed by atoms with E-state index in [1.165, 1.54) is 0 Å². The van der Waals surface area contributed by atoms with Crippen molar-refractivity contribution >= 4 is 0 Å². The molecule has 4 heteroatoms. The van der Waals surface area contributed by atoms with E-state index in [-0.39, 0.29) is 5.60 Å². The Hall–Kier alpha value is -0.870. The topological polar surface area (TPSA) is 39.1 Å². The molecule has 1 heterocycles. The van der Waals surface area contributed by atoms with Crippen LogP contribution in [0.3, 0.4) is 0 Å². The summed E-state index contributed by atoms with van der Waals surface area (Å²) in [6.45, 7) is 7.06. The van der Waals surface area contributed by atoms with Crippen molar-refractivity contribution < 1.29 is 4.74 Å². The predicted molar refractivity (Wildman–Crippen MR) is 60.8 cm³/mol. The zero-order chi connectivity index (χ0) is 11.1. The van der Waals surface area contributed by atoms with E-state index >= 15 is 0 Å². The molecule has 0 radical (unpaired) electrons. The molecule has 0 fully saturated rings. The second-order valence-corrected chi connectivity index (χ2v) is 4.29. The molecule has 0 amide bonds. The number of methoxy groups -OCH3 is 1. The van der Waals surface area contributed by atoms with E-state index in [4.69, 9.17) is 4.74 Å². The van der Waals surface area contributed by atoms with E-state index in [1.54, 1.807) is 7.11 Å². The quantitative estimate of drug-likeness (QED) is 0.691. The Morgan fingerprint density at radius 1 is 1.47 bits per heavy atom. The Morgan fingerprint density at radius 3 is 2.87 bits per heavy atom. The smallest absolute Gasteiger partial charge is 0.0945 e. The van der Waals surface area contributed by atoms with Gasteiger partial charge in [0.05, 0.1) is 11.9 Å². The third-order valence-electron chi connectivity index (χ3n) is 2.43. The largest absolute Gasteiger partial charge is 0.377 e. The monoisotopic (exact) mass is 211 g/mol. The molecule has 1 aromatic heterocycles. The Bertz CT molecular complexity index is 257. The molecule has 0 saturated carbocycles. The molecule has 0 spiro atoms. The lowest BCUT2D eigenvalue weighted by molar-refractivity contribution is 0.0234. The van der Waals surface area contributed by atoms with Crippen molar-refractivity contribution in [2.24, 2.45) is 0 Å². The van der Waals surface area contributed by atoms with Gasteiger partial charge in [-0.15, -0.1) is 0 Å². The minimum absolute atomic E-state index is 0.0744. The normalized spacial score (nSPS) is 11.9. The first-order valence-corrected chi connectivity index (χ1v) is 5.36. The van der Waals surface area contributed by atoms with Crippen LogP contribution in [0, 0.1) is 0 Å². The molecule has 0 bridgehead atoms. The Morgan fingerprint density at radius 2 is 2.27 bits per heavy atom. The van der Waals surface area contributed by atoms with Crippen LogP contribution in [0.5, 0.6) is 0 Å². The zero-order valence-electron chi connectivity index (χ0n) is 9.86. The Labute approximate surface area is 91.7 Å². The Balaban J connectivity index is 2.03. The maximum absolute atomic E-state index is 5.31. The van der Waals surface area contributed by atoms with Gasteiger partial charge in [-0.2, -0.15) is 0 Å². The van der Waals surface area contributed by atoms with E-state index < -0.39 is 0 Å². The summed E-state index contributed by atoms with van der Waals surface area (Å²) in [7, 11) is 1.74. The summed E-state index contributed by atoms with van der Waals surface area (Å²) in [4.78, 5) is 4.00. The molecule has 1 aromatic rings. The SMILES string of the molecule is COC(C)(C)CNCCCn1ccnc1. The van der Waals surface area contributed by atoms with Crippen LogP contribution in [-0.4, -0.2) is 35.4 Å². The van der Waals surface area contributed by atoms with Crippen molar-refractivity contribution in [3.8, 4) is 0 Å². The number of hydrogen-bond donors (Lipinski definition) is 1. The van der Waals surface area contributed by atoms with Crippen molar-refractivity contribution in [1.82, 2.24) is 14.9 Å². The third kappa shape index (κ3) is 4.95. The van der Waals surface area contributed by atoms with Gasteiger partial charge in [0.25, 0.3) is 0 Å². The van der Waals surface area contributed by atoms with E-state index in [0.29, 0.717) is 0 Å². The molecule has 0 atom stereocenters. The van der Waals surface area contributed by atoms with Gasteiger partial charge >= 0.3 is 0 Å². The molecule has 0 unspecified atom stereocenters. The van der Waals surface area contributed by atoms with Crippen LogP contribution in [0.25, 0.3) is 0 Å². The van der Waals surface area contributed by atoms with Crippen molar-refractivity contribution in [3.05, 3.63) is 18.7 Å². The van der Waals surface area contributed by atoms with Gasteiger partial charge in [0.1, 0.15) is 0 Å². The van der Waals surface area contributed by atoms with Crippen molar-refractivity contribution in [3.63, 3.8) is 0 Å². The summed E-state index contributed by atoms with van der Waals surface area (Å²) >= 11 is 0. The van der Waals surface area contributed by atoms with Crippen LogP contribution in [0.4, 0.5) is 0 Å². The number of aryl methyl sites for hydroxylation is 1. The molecule has 0 aliphatic rings. The molecule has 1 N–H and O–H groups in total. The minimum atomic E-state index is -0.0744. The van der Waals surface area contributed by atoms with Crippen LogP contribution in [0.1, 0.15) is 20.3 Å². The number of nitrogens with zero attached hydrogens (tertiary/aromatic N) is 2. The number of hydrogen-bond acceptors (Lipinski definition) is 3. The van der Waals surface area contributed by atoms with Gasteiger partial charge in [0.2, 0.25) is 0 Å². The molecule has 0 aromatic carbocycles. The van der Waals surface area contributed by atoms with Gasteiger partial charge in [0, 0.05) is 32.6 Å². The van der Waals surface area contributed by atoms with E-state index in [2.05, 4.69) is 28.7 Å². The molecular formula is C11H21N3O. The highest BCUT2D eigenvalue weighted by atomic mass is 16.5. The summed E-state index contributed by atoms with van der Waals surface area (Å²) in [5, 5.41) is 3.38. The molecule has 86 valence electrons. The van der Waals surface area contributed by atoms with Gasteiger partial charge in [-0.3, -0.25) is 0 Å². The van der Waals surface area contributed by atoms with Gasteiger partial charge in [-0.05, 0) is 26.8 Å². The predicted octanol–water partition coefficient (Wildman–Crippen LogP) is 1.29. The molecular weight excluding hydrogens is 190 g/mol. The first kappa shape index (κ1) is 12.2. The van der Waals surface area contributed by atoms with E-state index in [9.17, 15) is 0 Å². The highest BCUT2D eigenvalue weighted by Crippen LogP contribution is 2.04. The number of rotatable bonds is 7. The maximum Gasteiger partial charge on any atom is 0.0945 e. The van der Waals surface area contributed by atoms with Crippen molar-refractivity contribution in [1.29, 1.82) is 0 Å². The third-order valence-corrected chi connectivity index (χ3v) is 2.43. The molecule has 1 rings (SSSR count).